The number of aliphatic hydroxyl groups is 1. The molecule has 0 aliphatic rings. The molecule has 0 bridgehead atoms. The minimum atomic E-state index is -0.898. The molecule has 1 aromatic heterocycles. The molecule has 6 heteroatoms. The molecule has 1 N–H and O–H groups in total. The number of benzene rings is 1. The molecular weight excluding hydrogens is 332 g/mol. The van der Waals surface area contributed by atoms with Gasteiger partial charge in [-0.1, -0.05) is 18.2 Å². The highest BCUT2D eigenvalue weighted by Gasteiger charge is 2.26. The average Bonchev–Trinajstić information content (AvgIpc) is 2.58. The molecule has 0 spiro atoms. The summed E-state index contributed by atoms with van der Waals surface area (Å²) in [6, 6.07) is 10.2. The van der Waals surface area contributed by atoms with Gasteiger partial charge >= 0.3 is 0 Å². The summed E-state index contributed by atoms with van der Waals surface area (Å²) in [5.41, 5.74) is 1.11. The van der Waals surface area contributed by atoms with E-state index in [9.17, 15) is 15.2 Å². The van der Waals surface area contributed by atoms with Crippen molar-refractivity contribution < 1.29 is 14.8 Å². The van der Waals surface area contributed by atoms with Gasteiger partial charge in [-0.3, -0.25) is 15.1 Å². The van der Waals surface area contributed by atoms with E-state index < -0.39 is 16.1 Å². The number of hydrogen-bond donors (Lipinski definition) is 1. The van der Waals surface area contributed by atoms with Crippen LogP contribution in [0.4, 0.5) is 5.69 Å². The number of ether oxygens (including phenoxy) is 1. The number of nitrogens with zero attached hydrogens (tertiary/aromatic N) is 2. The number of non-ortho nitro benzene ring substituents is 1. The van der Waals surface area contributed by atoms with Crippen LogP contribution in [0.5, 0.6) is 0 Å². The Morgan fingerprint density at radius 3 is 2.15 bits per heavy atom. The quantitative estimate of drug-likeness (QED) is 0.594. The highest BCUT2D eigenvalue weighted by atomic mass is 16.6. The van der Waals surface area contributed by atoms with E-state index in [1.54, 1.807) is 32.2 Å². The molecule has 0 saturated heterocycles. The fourth-order valence-corrected chi connectivity index (χ4v) is 2.19. The van der Waals surface area contributed by atoms with E-state index in [1.165, 1.54) is 12.1 Å². The number of hydrogen-bond acceptors (Lipinski definition) is 5. The van der Waals surface area contributed by atoms with Crippen molar-refractivity contribution >= 4 is 17.8 Å². The Balaban J connectivity index is 2.05. The van der Waals surface area contributed by atoms with Crippen molar-refractivity contribution in [2.75, 3.05) is 6.61 Å². The maximum absolute atomic E-state index is 10.7. The fraction of sp³-hybridized carbons (Fsp3) is 0.350. The Labute approximate surface area is 153 Å². The highest BCUT2D eigenvalue weighted by molar-refractivity contribution is 5.69. The molecule has 0 fully saturated rings. The first kappa shape index (κ1) is 19.8. The molecule has 1 heterocycles. The largest absolute Gasteiger partial charge is 0.388 e. The Kier molecular flexibility index (Phi) is 5.90. The lowest BCUT2D eigenvalue weighted by atomic mass is 10.0. The highest BCUT2D eigenvalue weighted by Crippen LogP contribution is 2.24. The summed E-state index contributed by atoms with van der Waals surface area (Å²) in [7, 11) is 0. The zero-order valence-electron chi connectivity index (χ0n) is 15.5. The van der Waals surface area contributed by atoms with E-state index in [1.807, 2.05) is 38.1 Å². The molecule has 0 aliphatic carbocycles. The van der Waals surface area contributed by atoms with E-state index in [4.69, 9.17) is 4.74 Å². The SMILES string of the molecule is CC(C)(O)COC(C)(C)c1ccc(/C=C/c2ccc([N+](=O)[O-])cc2)cn1. The number of nitro benzene ring substituents is 1. The summed E-state index contributed by atoms with van der Waals surface area (Å²) >= 11 is 0. The standard InChI is InChI=1S/C20H24N2O4/c1-19(2,23)14-26-20(3,4)18-12-9-16(13-21-18)6-5-15-7-10-17(11-8-15)22(24)25/h5-13,23H,14H2,1-4H3/b6-5+. The predicted molar refractivity (Wildman–Crippen MR) is 102 cm³/mol. The summed E-state index contributed by atoms with van der Waals surface area (Å²) in [5, 5.41) is 20.5. The second-order valence-electron chi connectivity index (χ2n) is 7.27. The third-order valence-electron chi connectivity index (χ3n) is 3.76. The number of nitro groups is 1. The van der Waals surface area contributed by atoms with E-state index in [0.29, 0.717) is 0 Å². The topological polar surface area (TPSA) is 85.5 Å². The lowest BCUT2D eigenvalue weighted by molar-refractivity contribution is -0.384. The molecule has 2 aromatic rings. The lowest BCUT2D eigenvalue weighted by Gasteiger charge is -2.28. The maximum Gasteiger partial charge on any atom is 0.269 e. The number of rotatable bonds is 7. The van der Waals surface area contributed by atoms with Crippen LogP contribution in [0.3, 0.4) is 0 Å². The van der Waals surface area contributed by atoms with Crippen molar-refractivity contribution in [3.8, 4) is 0 Å². The second kappa shape index (κ2) is 7.76. The summed E-state index contributed by atoms with van der Waals surface area (Å²) in [6.07, 6.45) is 5.51. The minimum Gasteiger partial charge on any atom is -0.388 e. The zero-order valence-corrected chi connectivity index (χ0v) is 15.5. The Hall–Kier alpha value is -2.57. The molecule has 0 radical (unpaired) electrons. The first-order valence-corrected chi connectivity index (χ1v) is 8.32. The van der Waals surface area contributed by atoms with Crippen molar-refractivity contribution in [1.82, 2.24) is 4.98 Å². The average molecular weight is 356 g/mol. The van der Waals surface area contributed by atoms with Crippen LogP contribution in [0.15, 0.2) is 42.6 Å². The normalized spacial score (nSPS) is 12.5. The van der Waals surface area contributed by atoms with Crippen molar-refractivity contribution in [2.45, 2.75) is 38.9 Å². The second-order valence-corrected chi connectivity index (χ2v) is 7.27. The van der Waals surface area contributed by atoms with Crippen LogP contribution < -0.4 is 0 Å². The zero-order chi connectivity index (χ0) is 19.4. The van der Waals surface area contributed by atoms with E-state index in [2.05, 4.69) is 4.98 Å². The van der Waals surface area contributed by atoms with Gasteiger partial charge in [0.1, 0.15) is 5.60 Å². The maximum atomic E-state index is 10.7. The Morgan fingerprint density at radius 2 is 1.65 bits per heavy atom. The van der Waals surface area contributed by atoms with Gasteiger partial charge in [0.25, 0.3) is 5.69 Å². The van der Waals surface area contributed by atoms with Crippen LogP contribution in [0.25, 0.3) is 12.2 Å². The molecule has 0 amide bonds. The summed E-state index contributed by atoms with van der Waals surface area (Å²) < 4.78 is 5.79. The molecule has 26 heavy (non-hydrogen) atoms. The van der Waals surface area contributed by atoms with Gasteiger partial charge in [0, 0.05) is 18.3 Å². The van der Waals surface area contributed by atoms with Gasteiger partial charge in [0.2, 0.25) is 0 Å². The lowest BCUT2D eigenvalue weighted by Crippen LogP contribution is -2.33. The molecular formula is C20H24N2O4. The predicted octanol–water partition coefficient (Wildman–Crippen LogP) is 4.18. The summed E-state index contributed by atoms with van der Waals surface area (Å²) in [5.74, 6) is 0. The van der Waals surface area contributed by atoms with Gasteiger partial charge in [-0.15, -0.1) is 0 Å². The van der Waals surface area contributed by atoms with Gasteiger partial charge in [0.05, 0.1) is 22.8 Å². The fourth-order valence-electron chi connectivity index (χ4n) is 2.19. The van der Waals surface area contributed by atoms with Gasteiger partial charge < -0.3 is 9.84 Å². The van der Waals surface area contributed by atoms with Crippen LogP contribution in [-0.4, -0.2) is 27.2 Å². The molecule has 0 saturated carbocycles. The summed E-state index contributed by atoms with van der Waals surface area (Å²) in [4.78, 5) is 14.7. The van der Waals surface area contributed by atoms with Gasteiger partial charge in [-0.2, -0.15) is 0 Å². The van der Waals surface area contributed by atoms with Crippen LogP contribution in [0.2, 0.25) is 0 Å². The van der Waals surface area contributed by atoms with Gasteiger partial charge in [-0.25, -0.2) is 0 Å². The van der Waals surface area contributed by atoms with Crippen molar-refractivity contribution in [3.63, 3.8) is 0 Å². The smallest absolute Gasteiger partial charge is 0.269 e. The molecule has 6 nitrogen and oxygen atoms in total. The minimum absolute atomic E-state index is 0.0708. The molecule has 2 rings (SSSR count). The number of pyridine rings is 1. The van der Waals surface area contributed by atoms with Crippen LogP contribution in [0.1, 0.15) is 44.5 Å². The van der Waals surface area contributed by atoms with Crippen LogP contribution in [0, 0.1) is 10.1 Å². The monoisotopic (exact) mass is 356 g/mol. The van der Waals surface area contributed by atoms with Gasteiger partial charge in [-0.05, 0) is 57.0 Å². The van der Waals surface area contributed by atoms with Gasteiger partial charge in [0.15, 0.2) is 0 Å². The third kappa shape index (κ3) is 5.75. The summed E-state index contributed by atoms with van der Waals surface area (Å²) in [6.45, 7) is 7.43. The first-order valence-electron chi connectivity index (χ1n) is 8.32. The van der Waals surface area contributed by atoms with Crippen LogP contribution in [-0.2, 0) is 10.3 Å². The molecule has 0 aliphatic heterocycles. The molecule has 0 unspecified atom stereocenters. The molecule has 138 valence electrons. The molecule has 0 atom stereocenters. The van der Waals surface area contributed by atoms with Crippen LogP contribution >= 0.6 is 0 Å². The third-order valence-corrected chi connectivity index (χ3v) is 3.76. The van der Waals surface area contributed by atoms with Crippen molar-refractivity contribution in [3.05, 3.63) is 69.5 Å². The van der Waals surface area contributed by atoms with Crippen molar-refractivity contribution in [1.29, 1.82) is 0 Å². The Morgan fingerprint density at radius 1 is 1.08 bits per heavy atom. The van der Waals surface area contributed by atoms with Crippen molar-refractivity contribution in [2.24, 2.45) is 0 Å². The molecule has 1 aromatic carbocycles. The first-order chi connectivity index (χ1) is 12.1. The van der Waals surface area contributed by atoms with E-state index in [0.717, 1.165) is 16.8 Å². The Bertz CT molecular complexity index is 773. The van der Waals surface area contributed by atoms with E-state index in [-0.39, 0.29) is 12.3 Å². The number of aromatic nitrogens is 1. The van der Waals surface area contributed by atoms with E-state index >= 15 is 0 Å².